The van der Waals surface area contributed by atoms with Crippen LogP contribution in [0.4, 0.5) is 17.1 Å². The monoisotopic (exact) mass is 359 g/mol. The molecule has 0 radical (unpaired) electrons. The first-order valence-electron chi connectivity index (χ1n) is 8.93. The van der Waals surface area contributed by atoms with Crippen LogP contribution in [0.5, 0.6) is 0 Å². The van der Waals surface area contributed by atoms with Crippen molar-refractivity contribution >= 4 is 39.6 Å². The highest BCUT2D eigenvalue weighted by Crippen LogP contribution is 2.31. The van der Waals surface area contributed by atoms with E-state index >= 15 is 0 Å². The average molecular weight is 359 g/mol. The molecule has 1 saturated heterocycles. The van der Waals surface area contributed by atoms with Gasteiger partial charge in [0.2, 0.25) is 5.91 Å². The number of nitrogens with one attached hydrogen (secondary N) is 1. The summed E-state index contributed by atoms with van der Waals surface area (Å²) >= 11 is 0. The molecule has 0 bridgehead atoms. The minimum absolute atomic E-state index is 0.150. The standard InChI is InChI=1S/C22H21N3O2/c1-24(2)17-12-10-16(11-13-17)23-19-14-21(26)25(22(19)27)20-9-5-7-15-6-3-4-8-18(15)20/h3-13,19,23H,14H2,1-2H3. The molecule has 2 amide bonds. The highest BCUT2D eigenvalue weighted by atomic mass is 16.2. The number of hydrogen-bond donors (Lipinski definition) is 1. The maximum absolute atomic E-state index is 13.0. The van der Waals surface area contributed by atoms with E-state index in [9.17, 15) is 9.59 Å². The molecule has 0 saturated carbocycles. The fourth-order valence-electron chi connectivity index (χ4n) is 3.46. The minimum atomic E-state index is -0.554. The molecule has 0 aromatic heterocycles. The number of imide groups is 1. The lowest BCUT2D eigenvalue weighted by molar-refractivity contribution is -0.121. The molecule has 0 spiro atoms. The summed E-state index contributed by atoms with van der Waals surface area (Å²) in [6.45, 7) is 0. The Bertz CT molecular complexity index is 1010. The smallest absolute Gasteiger partial charge is 0.256 e. The lowest BCUT2D eigenvalue weighted by Crippen LogP contribution is -2.34. The summed E-state index contributed by atoms with van der Waals surface area (Å²) in [7, 11) is 3.95. The van der Waals surface area contributed by atoms with Crippen molar-refractivity contribution in [3.63, 3.8) is 0 Å². The van der Waals surface area contributed by atoms with Crippen LogP contribution < -0.4 is 15.1 Å². The molecule has 1 aliphatic heterocycles. The molecule has 1 heterocycles. The van der Waals surface area contributed by atoms with Gasteiger partial charge in [-0.1, -0.05) is 36.4 Å². The van der Waals surface area contributed by atoms with Crippen LogP contribution in [-0.2, 0) is 9.59 Å². The first-order valence-corrected chi connectivity index (χ1v) is 8.93. The second kappa shape index (κ2) is 6.76. The summed E-state index contributed by atoms with van der Waals surface area (Å²) < 4.78 is 0. The third-order valence-electron chi connectivity index (χ3n) is 4.88. The van der Waals surface area contributed by atoms with Crippen LogP contribution >= 0.6 is 0 Å². The normalized spacial score (nSPS) is 16.8. The average Bonchev–Trinajstić information content (AvgIpc) is 2.95. The molecule has 27 heavy (non-hydrogen) atoms. The Morgan fingerprint density at radius 1 is 0.926 bits per heavy atom. The van der Waals surface area contributed by atoms with Crippen molar-refractivity contribution in [1.29, 1.82) is 0 Å². The van der Waals surface area contributed by atoms with Crippen LogP contribution in [0.2, 0.25) is 0 Å². The topological polar surface area (TPSA) is 52.7 Å². The largest absolute Gasteiger partial charge is 0.378 e. The number of hydrogen-bond acceptors (Lipinski definition) is 4. The lowest BCUT2D eigenvalue weighted by atomic mass is 10.1. The van der Waals surface area contributed by atoms with Crippen molar-refractivity contribution in [3.05, 3.63) is 66.7 Å². The predicted octanol–water partition coefficient (Wildman–Crippen LogP) is 3.65. The first kappa shape index (κ1) is 17.1. The highest BCUT2D eigenvalue weighted by molar-refractivity contribution is 6.25. The number of amides is 2. The number of carbonyl (C=O) groups excluding carboxylic acids is 2. The maximum Gasteiger partial charge on any atom is 0.256 e. The van der Waals surface area contributed by atoms with Crippen molar-refractivity contribution in [3.8, 4) is 0 Å². The van der Waals surface area contributed by atoms with Gasteiger partial charge >= 0.3 is 0 Å². The SMILES string of the molecule is CN(C)c1ccc(NC2CC(=O)N(c3cccc4ccccc34)C2=O)cc1. The summed E-state index contributed by atoms with van der Waals surface area (Å²) in [5.41, 5.74) is 2.55. The molecule has 5 nitrogen and oxygen atoms in total. The molecule has 3 aromatic rings. The zero-order chi connectivity index (χ0) is 19.0. The van der Waals surface area contributed by atoms with Crippen LogP contribution in [0.3, 0.4) is 0 Å². The Morgan fingerprint density at radius 3 is 2.37 bits per heavy atom. The van der Waals surface area contributed by atoms with Gasteiger partial charge in [-0.05, 0) is 35.7 Å². The molecule has 0 aliphatic carbocycles. The van der Waals surface area contributed by atoms with E-state index in [4.69, 9.17) is 0 Å². The van der Waals surface area contributed by atoms with Crippen LogP contribution in [-0.4, -0.2) is 32.0 Å². The molecule has 1 aliphatic rings. The molecular weight excluding hydrogens is 338 g/mol. The zero-order valence-electron chi connectivity index (χ0n) is 15.3. The molecule has 3 aromatic carbocycles. The van der Waals surface area contributed by atoms with E-state index < -0.39 is 6.04 Å². The summed E-state index contributed by atoms with van der Waals surface area (Å²) in [6, 6.07) is 20.7. The Labute approximate surface area is 158 Å². The molecule has 1 atom stereocenters. The Hall–Kier alpha value is -3.34. The van der Waals surface area contributed by atoms with E-state index in [1.807, 2.05) is 85.7 Å². The van der Waals surface area contributed by atoms with Crippen molar-refractivity contribution in [2.75, 3.05) is 29.2 Å². The predicted molar refractivity (Wildman–Crippen MR) is 109 cm³/mol. The van der Waals surface area contributed by atoms with Gasteiger partial charge in [0.25, 0.3) is 5.91 Å². The van der Waals surface area contributed by atoms with Crippen molar-refractivity contribution in [2.45, 2.75) is 12.5 Å². The zero-order valence-corrected chi connectivity index (χ0v) is 15.3. The van der Waals surface area contributed by atoms with Gasteiger partial charge in [-0.3, -0.25) is 9.59 Å². The van der Waals surface area contributed by atoms with Crippen LogP contribution in [0.25, 0.3) is 10.8 Å². The number of benzene rings is 3. The number of carbonyl (C=O) groups is 2. The summed E-state index contributed by atoms with van der Waals surface area (Å²) in [4.78, 5) is 28.9. The quantitative estimate of drug-likeness (QED) is 0.723. The Balaban J connectivity index is 1.60. The Kier molecular flexibility index (Phi) is 4.28. The van der Waals surface area contributed by atoms with Crippen molar-refractivity contribution in [1.82, 2.24) is 0 Å². The van der Waals surface area contributed by atoms with Crippen LogP contribution in [0.15, 0.2) is 66.7 Å². The number of rotatable bonds is 4. The molecular formula is C22H21N3O2. The molecule has 1 fully saturated rings. The van der Waals surface area contributed by atoms with Gasteiger partial charge < -0.3 is 10.2 Å². The molecule has 5 heteroatoms. The van der Waals surface area contributed by atoms with E-state index in [0.717, 1.165) is 22.1 Å². The van der Waals surface area contributed by atoms with Gasteiger partial charge in [-0.25, -0.2) is 4.90 Å². The molecule has 1 N–H and O–H groups in total. The van der Waals surface area contributed by atoms with Crippen LogP contribution in [0, 0.1) is 0 Å². The van der Waals surface area contributed by atoms with E-state index in [1.54, 1.807) is 0 Å². The lowest BCUT2D eigenvalue weighted by Gasteiger charge is -2.18. The van der Waals surface area contributed by atoms with Gasteiger partial charge in [0.05, 0.1) is 12.1 Å². The summed E-state index contributed by atoms with van der Waals surface area (Å²) in [6.07, 6.45) is 0.150. The number of nitrogens with zero attached hydrogens (tertiary/aromatic N) is 2. The van der Waals surface area contributed by atoms with E-state index in [2.05, 4.69) is 5.32 Å². The second-order valence-corrected chi connectivity index (χ2v) is 6.91. The fourth-order valence-corrected chi connectivity index (χ4v) is 3.46. The molecule has 4 rings (SSSR count). The minimum Gasteiger partial charge on any atom is -0.378 e. The fraction of sp³-hybridized carbons (Fsp3) is 0.182. The Morgan fingerprint density at radius 2 is 1.63 bits per heavy atom. The van der Waals surface area contributed by atoms with Crippen LogP contribution in [0.1, 0.15) is 6.42 Å². The maximum atomic E-state index is 13.0. The van der Waals surface area contributed by atoms with E-state index in [0.29, 0.717) is 5.69 Å². The number of fused-ring (bicyclic) bond motifs is 1. The molecule has 1 unspecified atom stereocenters. The van der Waals surface area contributed by atoms with Crippen molar-refractivity contribution in [2.24, 2.45) is 0 Å². The van der Waals surface area contributed by atoms with E-state index in [-0.39, 0.29) is 18.2 Å². The highest BCUT2D eigenvalue weighted by Gasteiger charge is 2.40. The van der Waals surface area contributed by atoms with Gasteiger partial charge in [-0.15, -0.1) is 0 Å². The second-order valence-electron chi connectivity index (χ2n) is 6.91. The third-order valence-corrected chi connectivity index (χ3v) is 4.88. The number of anilines is 3. The summed E-state index contributed by atoms with van der Waals surface area (Å²) in [5.74, 6) is -0.396. The van der Waals surface area contributed by atoms with Gasteiger partial charge in [0.15, 0.2) is 0 Å². The van der Waals surface area contributed by atoms with Crippen molar-refractivity contribution < 1.29 is 9.59 Å². The summed E-state index contributed by atoms with van der Waals surface area (Å²) in [5, 5.41) is 5.11. The van der Waals surface area contributed by atoms with E-state index in [1.165, 1.54) is 4.90 Å². The van der Waals surface area contributed by atoms with Gasteiger partial charge in [0.1, 0.15) is 6.04 Å². The van der Waals surface area contributed by atoms with Gasteiger partial charge in [0, 0.05) is 30.9 Å². The molecule has 136 valence electrons. The third kappa shape index (κ3) is 3.12. The van der Waals surface area contributed by atoms with Gasteiger partial charge in [-0.2, -0.15) is 0 Å². The first-order chi connectivity index (χ1) is 13.0.